The van der Waals surface area contributed by atoms with E-state index in [9.17, 15) is 0 Å². The maximum absolute atomic E-state index is 6.07. The molecule has 0 aliphatic heterocycles. The van der Waals surface area contributed by atoms with Crippen LogP contribution in [0.1, 0.15) is 31.2 Å². The van der Waals surface area contributed by atoms with E-state index in [0.717, 1.165) is 31.5 Å². The van der Waals surface area contributed by atoms with E-state index < -0.39 is 0 Å². The number of hydrogen-bond donors (Lipinski definition) is 1. The van der Waals surface area contributed by atoms with E-state index in [1.165, 1.54) is 5.56 Å². The van der Waals surface area contributed by atoms with Gasteiger partial charge in [-0.1, -0.05) is 6.07 Å². The number of aromatic nitrogens is 1. The van der Waals surface area contributed by atoms with Gasteiger partial charge in [-0.25, -0.2) is 4.98 Å². The zero-order valence-corrected chi connectivity index (χ0v) is 9.80. The molecule has 0 aromatic carbocycles. The van der Waals surface area contributed by atoms with Gasteiger partial charge in [-0.2, -0.15) is 0 Å². The van der Waals surface area contributed by atoms with Gasteiger partial charge in [0.2, 0.25) is 0 Å². The smallest absolute Gasteiger partial charge is 0.129 e. The van der Waals surface area contributed by atoms with Gasteiger partial charge in [0.05, 0.1) is 0 Å². The van der Waals surface area contributed by atoms with Crippen molar-refractivity contribution in [2.45, 2.75) is 44.0 Å². The van der Waals surface area contributed by atoms with Crippen molar-refractivity contribution in [2.75, 3.05) is 5.32 Å². The summed E-state index contributed by atoms with van der Waals surface area (Å²) in [5, 5.41) is 3.88. The highest BCUT2D eigenvalue weighted by molar-refractivity contribution is 6.20. The monoisotopic (exact) mass is 224 g/mol. The Hall–Kier alpha value is -0.760. The zero-order chi connectivity index (χ0) is 10.7. The zero-order valence-electron chi connectivity index (χ0n) is 9.04. The lowest BCUT2D eigenvalue weighted by Gasteiger charge is -2.26. The summed E-state index contributed by atoms with van der Waals surface area (Å²) in [6.07, 6.45) is 6.38. The topological polar surface area (TPSA) is 24.9 Å². The fourth-order valence-electron chi connectivity index (χ4n) is 2.03. The van der Waals surface area contributed by atoms with Crippen LogP contribution in [-0.2, 0) is 0 Å². The lowest BCUT2D eigenvalue weighted by molar-refractivity contribution is 0.467. The maximum Gasteiger partial charge on any atom is 0.129 e. The Bertz CT molecular complexity index is 319. The van der Waals surface area contributed by atoms with E-state index in [1.807, 2.05) is 12.3 Å². The van der Waals surface area contributed by atoms with Crippen molar-refractivity contribution in [1.82, 2.24) is 4.98 Å². The molecule has 1 aliphatic rings. The summed E-state index contributed by atoms with van der Waals surface area (Å²) in [4.78, 5) is 4.35. The molecule has 0 radical (unpaired) electrons. The quantitative estimate of drug-likeness (QED) is 0.780. The molecule has 1 aromatic rings. The highest BCUT2D eigenvalue weighted by Gasteiger charge is 2.19. The Labute approximate surface area is 96.1 Å². The first-order valence-corrected chi connectivity index (χ1v) is 6.01. The average molecular weight is 225 g/mol. The molecule has 0 unspecified atom stereocenters. The normalized spacial score (nSPS) is 26.3. The third-order valence-corrected chi connectivity index (χ3v) is 3.44. The van der Waals surface area contributed by atoms with E-state index >= 15 is 0 Å². The minimum absolute atomic E-state index is 0.382. The van der Waals surface area contributed by atoms with Crippen LogP contribution < -0.4 is 5.32 Å². The van der Waals surface area contributed by atoms with Gasteiger partial charge in [0, 0.05) is 17.6 Å². The SMILES string of the molecule is Cc1cccnc1NC1CCC(Cl)CC1. The molecule has 1 N–H and O–H groups in total. The predicted molar refractivity (Wildman–Crippen MR) is 64.5 cm³/mol. The van der Waals surface area contributed by atoms with Crippen molar-refractivity contribution in [1.29, 1.82) is 0 Å². The third-order valence-electron chi connectivity index (χ3n) is 3.01. The van der Waals surface area contributed by atoms with Crippen molar-refractivity contribution < 1.29 is 0 Å². The molecule has 0 spiro atoms. The summed E-state index contributed by atoms with van der Waals surface area (Å²) in [6.45, 7) is 2.09. The van der Waals surface area contributed by atoms with Crippen LogP contribution in [0.4, 0.5) is 5.82 Å². The lowest BCUT2D eigenvalue weighted by Crippen LogP contribution is -2.27. The number of nitrogens with zero attached hydrogens (tertiary/aromatic N) is 1. The fraction of sp³-hybridized carbons (Fsp3) is 0.583. The first-order chi connectivity index (χ1) is 7.25. The molecule has 2 nitrogen and oxygen atoms in total. The molecular formula is C12H17ClN2. The van der Waals surface area contributed by atoms with Gasteiger partial charge >= 0.3 is 0 Å². The van der Waals surface area contributed by atoms with E-state index in [2.05, 4.69) is 23.3 Å². The second-order valence-electron chi connectivity index (χ2n) is 4.26. The van der Waals surface area contributed by atoms with Crippen molar-refractivity contribution in [3.05, 3.63) is 23.9 Å². The number of pyridine rings is 1. The molecule has 0 bridgehead atoms. The van der Waals surface area contributed by atoms with Gasteiger partial charge < -0.3 is 5.32 Å². The summed E-state index contributed by atoms with van der Waals surface area (Å²) in [5.74, 6) is 1.02. The molecule has 0 atom stereocenters. The van der Waals surface area contributed by atoms with E-state index in [4.69, 9.17) is 11.6 Å². The Morgan fingerprint density at radius 2 is 2.07 bits per heavy atom. The molecule has 3 heteroatoms. The predicted octanol–water partition coefficient (Wildman–Crippen LogP) is 3.35. The molecule has 0 saturated heterocycles. The molecule has 1 heterocycles. The number of rotatable bonds is 2. The van der Waals surface area contributed by atoms with Gasteiger partial charge in [-0.3, -0.25) is 0 Å². The van der Waals surface area contributed by atoms with E-state index in [1.54, 1.807) is 0 Å². The van der Waals surface area contributed by atoms with E-state index in [0.29, 0.717) is 11.4 Å². The van der Waals surface area contributed by atoms with Crippen LogP contribution in [0.15, 0.2) is 18.3 Å². The van der Waals surface area contributed by atoms with Gasteiger partial charge in [-0.05, 0) is 44.2 Å². The Balaban J connectivity index is 1.95. The number of hydrogen-bond acceptors (Lipinski definition) is 2. The molecule has 2 rings (SSSR count). The Kier molecular flexibility index (Phi) is 3.47. The van der Waals surface area contributed by atoms with Crippen LogP contribution in [-0.4, -0.2) is 16.4 Å². The van der Waals surface area contributed by atoms with Crippen LogP contribution in [0, 0.1) is 6.92 Å². The lowest BCUT2D eigenvalue weighted by atomic mass is 9.95. The molecule has 1 saturated carbocycles. The van der Waals surface area contributed by atoms with Gasteiger partial charge in [0.1, 0.15) is 5.82 Å². The Morgan fingerprint density at radius 1 is 1.33 bits per heavy atom. The van der Waals surface area contributed by atoms with Crippen LogP contribution in [0.2, 0.25) is 0 Å². The summed E-state index contributed by atoms with van der Waals surface area (Å²) in [5.41, 5.74) is 1.21. The van der Waals surface area contributed by atoms with Crippen LogP contribution >= 0.6 is 11.6 Å². The van der Waals surface area contributed by atoms with Gasteiger partial charge in [0.15, 0.2) is 0 Å². The van der Waals surface area contributed by atoms with Crippen LogP contribution in [0.3, 0.4) is 0 Å². The van der Waals surface area contributed by atoms with Crippen molar-refractivity contribution in [3.8, 4) is 0 Å². The standard InChI is InChI=1S/C12H17ClN2/c1-9-3-2-8-14-12(9)15-11-6-4-10(13)5-7-11/h2-3,8,10-11H,4-7H2,1H3,(H,14,15). The van der Waals surface area contributed by atoms with Crippen molar-refractivity contribution in [2.24, 2.45) is 0 Å². The molecule has 1 fully saturated rings. The summed E-state index contributed by atoms with van der Waals surface area (Å²) in [7, 11) is 0. The largest absolute Gasteiger partial charge is 0.367 e. The fourth-order valence-corrected chi connectivity index (χ4v) is 2.28. The number of alkyl halides is 1. The maximum atomic E-state index is 6.07. The van der Waals surface area contributed by atoms with Crippen molar-refractivity contribution in [3.63, 3.8) is 0 Å². The summed E-state index contributed by atoms with van der Waals surface area (Å²) < 4.78 is 0. The molecule has 15 heavy (non-hydrogen) atoms. The first kappa shape index (κ1) is 10.7. The number of aryl methyl sites for hydroxylation is 1. The molecule has 82 valence electrons. The second kappa shape index (κ2) is 4.84. The number of nitrogens with one attached hydrogen (secondary N) is 1. The van der Waals surface area contributed by atoms with Crippen LogP contribution in [0.25, 0.3) is 0 Å². The minimum Gasteiger partial charge on any atom is -0.367 e. The molecule has 1 aromatic heterocycles. The van der Waals surface area contributed by atoms with E-state index in [-0.39, 0.29) is 0 Å². The first-order valence-electron chi connectivity index (χ1n) is 5.58. The summed E-state index contributed by atoms with van der Waals surface area (Å²) in [6, 6.07) is 4.60. The average Bonchev–Trinajstić information content (AvgIpc) is 2.25. The third kappa shape index (κ3) is 2.85. The Morgan fingerprint density at radius 3 is 2.73 bits per heavy atom. The summed E-state index contributed by atoms with van der Waals surface area (Å²) >= 11 is 6.07. The minimum atomic E-state index is 0.382. The van der Waals surface area contributed by atoms with Gasteiger partial charge in [-0.15, -0.1) is 11.6 Å². The van der Waals surface area contributed by atoms with Crippen molar-refractivity contribution >= 4 is 17.4 Å². The molecular weight excluding hydrogens is 208 g/mol. The highest BCUT2D eigenvalue weighted by Crippen LogP contribution is 2.25. The molecule has 0 amide bonds. The molecule has 1 aliphatic carbocycles. The van der Waals surface area contributed by atoms with Gasteiger partial charge in [0.25, 0.3) is 0 Å². The van der Waals surface area contributed by atoms with Crippen LogP contribution in [0.5, 0.6) is 0 Å². The number of anilines is 1. The number of halogens is 1. The second-order valence-corrected chi connectivity index (χ2v) is 4.88. The highest BCUT2D eigenvalue weighted by atomic mass is 35.5.